The van der Waals surface area contributed by atoms with Crippen molar-refractivity contribution >= 4 is 17.2 Å². The number of ketones is 1. The number of H-pyrrole nitrogens is 1. The van der Waals surface area contributed by atoms with Crippen LogP contribution in [-0.4, -0.2) is 27.4 Å². The van der Waals surface area contributed by atoms with E-state index < -0.39 is 4.92 Å². The molecule has 0 aliphatic rings. The van der Waals surface area contributed by atoms with E-state index in [1.807, 2.05) is 6.92 Å². The van der Waals surface area contributed by atoms with Gasteiger partial charge in [-0.05, 0) is 44.4 Å². The third-order valence-corrected chi connectivity index (χ3v) is 3.47. The van der Waals surface area contributed by atoms with Gasteiger partial charge in [-0.1, -0.05) is 0 Å². The van der Waals surface area contributed by atoms with Crippen LogP contribution in [0.1, 0.15) is 35.0 Å². The van der Waals surface area contributed by atoms with Crippen LogP contribution in [0.15, 0.2) is 24.4 Å². The molecule has 22 heavy (non-hydrogen) atoms. The first kappa shape index (κ1) is 15.7. The lowest BCUT2D eigenvalue weighted by Gasteiger charge is -2.08. The molecule has 1 heterocycles. The highest BCUT2D eigenvalue weighted by molar-refractivity contribution is 5.95. The molecule has 1 aromatic carbocycles. The van der Waals surface area contributed by atoms with Gasteiger partial charge < -0.3 is 5.32 Å². The molecule has 0 aliphatic carbocycles. The molecular formula is C15H18N4O3. The predicted octanol–water partition coefficient (Wildman–Crippen LogP) is 2.87. The molecule has 0 aliphatic heterocycles. The average Bonchev–Trinajstić information content (AvgIpc) is 2.88. The molecule has 2 rings (SSSR count). The van der Waals surface area contributed by atoms with Crippen LogP contribution in [0.2, 0.25) is 0 Å². The van der Waals surface area contributed by atoms with Crippen molar-refractivity contribution in [3.05, 3.63) is 51.3 Å². The van der Waals surface area contributed by atoms with Crippen molar-refractivity contribution in [2.45, 2.75) is 26.7 Å². The van der Waals surface area contributed by atoms with Gasteiger partial charge in [-0.2, -0.15) is 5.10 Å². The summed E-state index contributed by atoms with van der Waals surface area (Å²) in [5.41, 5.74) is 2.87. The zero-order chi connectivity index (χ0) is 16.1. The summed E-state index contributed by atoms with van der Waals surface area (Å²) < 4.78 is 0. The number of nitrogens with zero attached hydrogens (tertiary/aromatic N) is 2. The lowest BCUT2D eigenvalue weighted by Crippen LogP contribution is -2.06. The summed E-state index contributed by atoms with van der Waals surface area (Å²) in [5, 5.41) is 21.0. The number of anilines is 1. The quantitative estimate of drug-likeness (QED) is 0.354. The lowest BCUT2D eigenvalue weighted by molar-refractivity contribution is -0.384. The van der Waals surface area contributed by atoms with Crippen molar-refractivity contribution < 1.29 is 9.72 Å². The fourth-order valence-electron chi connectivity index (χ4n) is 2.18. The van der Waals surface area contributed by atoms with Gasteiger partial charge in [0.15, 0.2) is 5.78 Å². The fourth-order valence-corrected chi connectivity index (χ4v) is 2.18. The molecule has 7 heteroatoms. The fraction of sp³-hybridized carbons (Fsp3) is 0.333. The van der Waals surface area contributed by atoms with Crippen molar-refractivity contribution in [1.82, 2.24) is 10.2 Å². The van der Waals surface area contributed by atoms with E-state index in [9.17, 15) is 14.9 Å². The summed E-state index contributed by atoms with van der Waals surface area (Å²) in [4.78, 5) is 21.9. The Balaban J connectivity index is 1.98. The number of Topliss-reactive ketones (excluding diaryl/α,β-unsaturated/α-hetero) is 1. The van der Waals surface area contributed by atoms with Gasteiger partial charge >= 0.3 is 0 Å². The van der Waals surface area contributed by atoms with E-state index >= 15 is 0 Å². The summed E-state index contributed by atoms with van der Waals surface area (Å²) in [6.45, 7) is 3.95. The van der Waals surface area contributed by atoms with E-state index in [1.54, 1.807) is 18.3 Å². The van der Waals surface area contributed by atoms with Gasteiger partial charge in [-0.15, -0.1) is 0 Å². The van der Waals surface area contributed by atoms with Crippen molar-refractivity contribution in [1.29, 1.82) is 0 Å². The van der Waals surface area contributed by atoms with Gasteiger partial charge in [-0.25, -0.2) is 0 Å². The van der Waals surface area contributed by atoms with E-state index in [-0.39, 0.29) is 11.5 Å². The Bertz CT molecular complexity index is 694. The van der Waals surface area contributed by atoms with Crippen LogP contribution in [0.3, 0.4) is 0 Å². The molecule has 0 spiro atoms. The van der Waals surface area contributed by atoms with Gasteiger partial charge in [0.05, 0.1) is 11.1 Å². The highest BCUT2D eigenvalue weighted by atomic mass is 16.6. The van der Waals surface area contributed by atoms with Crippen LogP contribution in [-0.2, 0) is 6.42 Å². The second-order valence-electron chi connectivity index (χ2n) is 5.10. The van der Waals surface area contributed by atoms with Gasteiger partial charge in [-0.3, -0.25) is 20.0 Å². The molecule has 0 saturated carbocycles. The number of carbonyl (C=O) groups is 1. The maximum absolute atomic E-state index is 11.3. The molecule has 0 saturated heterocycles. The smallest absolute Gasteiger partial charge is 0.293 e. The number of hydrogen-bond acceptors (Lipinski definition) is 5. The van der Waals surface area contributed by atoms with Crippen molar-refractivity contribution in [2.75, 3.05) is 11.9 Å². The number of aryl methyl sites for hydroxylation is 2. The van der Waals surface area contributed by atoms with E-state index in [4.69, 9.17) is 0 Å². The Kier molecular flexibility index (Phi) is 4.88. The number of rotatable bonds is 7. The molecule has 0 radical (unpaired) electrons. The van der Waals surface area contributed by atoms with E-state index in [0.717, 1.165) is 24.1 Å². The van der Waals surface area contributed by atoms with Crippen LogP contribution in [0, 0.1) is 17.0 Å². The van der Waals surface area contributed by atoms with Crippen LogP contribution in [0.4, 0.5) is 11.4 Å². The largest absolute Gasteiger partial charge is 0.379 e. The van der Waals surface area contributed by atoms with E-state index in [0.29, 0.717) is 17.8 Å². The number of aromatic nitrogens is 2. The monoisotopic (exact) mass is 302 g/mol. The minimum atomic E-state index is -0.477. The zero-order valence-corrected chi connectivity index (χ0v) is 12.5. The first-order chi connectivity index (χ1) is 10.5. The first-order valence-corrected chi connectivity index (χ1v) is 7.01. The Morgan fingerprint density at radius 2 is 2.23 bits per heavy atom. The maximum Gasteiger partial charge on any atom is 0.293 e. The number of nitro groups is 1. The summed E-state index contributed by atoms with van der Waals surface area (Å²) in [6.07, 6.45) is 3.46. The van der Waals surface area contributed by atoms with Crippen molar-refractivity contribution in [2.24, 2.45) is 0 Å². The van der Waals surface area contributed by atoms with Crippen LogP contribution < -0.4 is 5.32 Å². The van der Waals surface area contributed by atoms with Crippen molar-refractivity contribution in [3.8, 4) is 0 Å². The number of hydrogen-bond donors (Lipinski definition) is 2. The minimum Gasteiger partial charge on any atom is -0.379 e. The van der Waals surface area contributed by atoms with Crippen LogP contribution in [0.25, 0.3) is 0 Å². The highest BCUT2D eigenvalue weighted by Crippen LogP contribution is 2.25. The number of nitro benzene ring substituents is 1. The summed E-state index contributed by atoms with van der Waals surface area (Å²) in [5.74, 6) is -0.190. The Labute approximate surface area is 127 Å². The molecule has 0 unspecified atom stereocenters. The SMILES string of the molecule is CC(=O)c1ccc(NCCCc2cn[nH]c2C)c([N+](=O)[O-])c1. The third kappa shape index (κ3) is 3.69. The molecule has 2 aromatic rings. The third-order valence-electron chi connectivity index (χ3n) is 3.47. The molecule has 2 N–H and O–H groups in total. The first-order valence-electron chi connectivity index (χ1n) is 7.01. The molecule has 1 aromatic heterocycles. The Hall–Kier alpha value is -2.70. The van der Waals surface area contributed by atoms with Gasteiger partial charge in [0.1, 0.15) is 5.69 Å². The summed E-state index contributed by atoms with van der Waals surface area (Å²) >= 11 is 0. The molecule has 7 nitrogen and oxygen atoms in total. The molecule has 116 valence electrons. The van der Waals surface area contributed by atoms with Crippen LogP contribution in [0.5, 0.6) is 0 Å². The van der Waals surface area contributed by atoms with Crippen LogP contribution >= 0.6 is 0 Å². The molecule has 0 fully saturated rings. The molecule has 0 amide bonds. The molecular weight excluding hydrogens is 284 g/mol. The number of nitrogens with one attached hydrogen (secondary N) is 2. The number of benzene rings is 1. The summed E-state index contributed by atoms with van der Waals surface area (Å²) in [6, 6.07) is 4.49. The number of aromatic amines is 1. The standard InChI is InChI=1S/C15H18N4O3/c1-10-13(9-17-18-10)4-3-7-16-14-6-5-12(11(2)20)8-15(14)19(21)22/h5-6,8-9,16H,3-4,7H2,1-2H3,(H,17,18). The molecule has 0 bridgehead atoms. The Morgan fingerprint density at radius 1 is 1.45 bits per heavy atom. The lowest BCUT2D eigenvalue weighted by atomic mass is 10.1. The van der Waals surface area contributed by atoms with Gasteiger partial charge in [0, 0.05) is 23.9 Å². The zero-order valence-electron chi connectivity index (χ0n) is 12.5. The van der Waals surface area contributed by atoms with E-state index in [2.05, 4.69) is 15.5 Å². The van der Waals surface area contributed by atoms with Crippen molar-refractivity contribution in [3.63, 3.8) is 0 Å². The normalized spacial score (nSPS) is 10.5. The topological polar surface area (TPSA) is 101 Å². The van der Waals surface area contributed by atoms with Gasteiger partial charge in [0.25, 0.3) is 5.69 Å². The Morgan fingerprint density at radius 3 is 2.82 bits per heavy atom. The van der Waals surface area contributed by atoms with Gasteiger partial charge in [0.2, 0.25) is 0 Å². The second-order valence-corrected chi connectivity index (χ2v) is 5.10. The van der Waals surface area contributed by atoms with E-state index in [1.165, 1.54) is 13.0 Å². The minimum absolute atomic E-state index is 0.0767. The summed E-state index contributed by atoms with van der Waals surface area (Å²) in [7, 11) is 0. The highest BCUT2D eigenvalue weighted by Gasteiger charge is 2.15. The number of carbonyl (C=O) groups excluding carboxylic acids is 1. The average molecular weight is 302 g/mol. The maximum atomic E-state index is 11.3. The molecule has 0 atom stereocenters. The predicted molar refractivity (Wildman–Crippen MR) is 83.2 cm³/mol. The second kappa shape index (κ2) is 6.84.